The van der Waals surface area contributed by atoms with Crippen LogP contribution in [0.1, 0.15) is 52.0 Å². The van der Waals surface area contributed by atoms with Crippen LogP contribution in [0, 0.1) is 6.92 Å². The zero-order valence-corrected chi connectivity index (χ0v) is 20.7. The number of amides is 1. The molecule has 0 unspecified atom stereocenters. The van der Waals surface area contributed by atoms with Crippen molar-refractivity contribution >= 4 is 33.0 Å². The molecule has 9 nitrogen and oxygen atoms in total. The first kappa shape index (κ1) is 24.0. The maximum atomic E-state index is 13.2. The SMILES string of the molecule is Cc1ccc(S(=O)(=O)n2ccc3c(NC4CCC(NC(=O)OC(C)(C)C)CC4)ncnc32)cc1. The van der Waals surface area contributed by atoms with Crippen LogP contribution in [-0.2, 0) is 14.8 Å². The van der Waals surface area contributed by atoms with Gasteiger partial charge in [-0.2, -0.15) is 0 Å². The summed E-state index contributed by atoms with van der Waals surface area (Å²) in [6.45, 7) is 7.44. The smallest absolute Gasteiger partial charge is 0.407 e. The Kier molecular flexibility index (Phi) is 6.53. The highest BCUT2D eigenvalue weighted by Gasteiger charge is 2.26. The van der Waals surface area contributed by atoms with Crippen LogP contribution in [0.15, 0.2) is 47.8 Å². The Morgan fingerprint density at radius 3 is 2.32 bits per heavy atom. The molecule has 1 amide bonds. The van der Waals surface area contributed by atoms with Gasteiger partial charge in [-0.1, -0.05) is 17.7 Å². The Balaban J connectivity index is 1.45. The summed E-state index contributed by atoms with van der Waals surface area (Å²) in [6, 6.07) is 8.69. The molecule has 0 aliphatic heterocycles. The zero-order valence-electron chi connectivity index (χ0n) is 19.9. The standard InChI is InChI=1S/C24H31N5O4S/c1-16-5-11-19(12-6-16)34(31,32)29-14-13-20-21(25-15-26-22(20)29)27-17-7-9-18(10-8-17)28-23(30)33-24(2,3)4/h5-6,11-15,17-18H,7-10H2,1-4H3,(H,28,30)(H,25,26,27). The summed E-state index contributed by atoms with van der Waals surface area (Å²) in [5, 5.41) is 7.03. The highest BCUT2D eigenvalue weighted by molar-refractivity contribution is 7.90. The second-order valence-corrected chi connectivity index (χ2v) is 11.5. The number of ether oxygens (including phenoxy) is 1. The Labute approximate surface area is 200 Å². The molecule has 2 aromatic heterocycles. The molecule has 0 bridgehead atoms. The van der Waals surface area contributed by atoms with Crippen molar-refractivity contribution in [2.75, 3.05) is 5.32 Å². The van der Waals surface area contributed by atoms with E-state index < -0.39 is 21.7 Å². The molecule has 2 heterocycles. The molecule has 10 heteroatoms. The summed E-state index contributed by atoms with van der Waals surface area (Å²) >= 11 is 0. The van der Waals surface area contributed by atoms with Gasteiger partial charge in [0.05, 0.1) is 10.3 Å². The van der Waals surface area contributed by atoms with E-state index in [4.69, 9.17) is 4.74 Å². The van der Waals surface area contributed by atoms with Gasteiger partial charge in [0.2, 0.25) is 0 Å². The summed E-state index contributed by atoms with van der Waals surface area (Å²) in [5.41, 5.74) is 0.796. The predicted molar refractivity (Wildman–Crippen MR) is 130 cm³/mol. The van der Waals surface area contributed by atoms with Gasteiger partial charge in [-0.15, -0.1) is 0 Å². The van der Waals surface area contributed by atoms with Crippen LogP contribution in [0.2, 0.25) is 0 Å². The van der Waals surface area contributed by atoms with E-state index >= 15 is 0 Å². The van der Waals surface area contributed by atoms with E-state index in [2.05, 4.69) is 20.6 Å². The summed E-state index contributed by atoms with van der Waals surface area (Å²) < 4.78 is 32.9. The number of benzene rings is 1. The molecule has 2 N–H and O–H groups in total. The summed E-state index contributed by atoms with van der Waals surface area (Å²) in [5.74, 6) is 0.603. The average molecular weight is 486 g/mol. The molecule has 182 valence electrons. The molecule has 0 atom stereocenters. The van der Waals surface area contributed by atoms with Crippen molar-refractivity contribution in [3.05, 3.63) is 48.4 Å². The lowest BCUT2D eigenvalue weighted by atomic mass is 9.91. The molecule has 3 aromatic rings. The number of nitrogens with one attached hydrogen (secondary N) is 2. The van der Waals surface area contributed by atoms with Crippen molar-refractivity contribution in [3.63, 3.8) is 0 Å². The maximum absolute atomic E-state index is 13.2. The van der Waals surface area contributed by atoms with Gasteiger partial charge in [-0.3, -0.25) is 0 Å². The minimum atomic E-state index is -3.77. The van der Waals surface area contributed by atoms with E-state index in [-0.39, 0.29) is 17.0 Å². The number of hydrogen-bond donors (Lipinski definition) is 2. The van der Waals surface area contributed by atoms with E-state index in [1.165, 1.54) is 16.5 Å². The number of anilines is 1. The van der Waals surface area contributed by atoms with Crippen LogP contribution in [0.25, 0.3) is 11.0 Å². The lowest BCUT2D eigenvalue weighted by Gasteiger charge is -2.30. The van der Waals surface area contributed by atoms with Crippen LogP contribution in [0.5, 0.6) is 0 Å². The summed E-state index contributed by atoms with van der Waals surface area (Å²) in [6.07, 6.45) is 5.81. The number of hydrogen-bond acceptors (Lipinski definition) is 7. The Morgan fingerprint density at radius 1 is 1.03 bits per heavy atom. The molecule has 1 saturated carbocycles. The highest BCUT2D eigenvalue weighted by Crippen LogP contribution is 2.28. The first-order valence-electron chi connectivity index (χ1n) is 11.4. The van der Waals surface area contributed by atoms with Crippen molar-refractivity contribution in [1.29, 1.82) is 0 Å². The number of carbonyl (C=O) groups excluding carboxylic acids is 1. The molecular weight excluding hydrogens is 454 g/mol. The molecule has 0 radical (unpaired) electrons. The quantitative estimate of drug-likeness (QED) is 0.556. The Bertz CT molecular complexity index is 1270. The number of aryl methyl sites for hydroxylation is 1. The van der Waals surface area contributed by atoms with E-state index in [1.807, 2.05) is 27.7 Å². The molecule has 1 aromatic carbocycles. The fourth-order valence-corrected chi connectivity index (χ4v) is 5.41. The van der Waals surface area contributed by atoms with E-state index in [9.17, 15) is 13.2 Å². The Hall–Kier alpha value is -3.14. The van der Waals surface area contributed by atoms with Gasteiger partial charge in [-0.05, 0) is 71.6 Å². The van der Waals surface area contributed by atoms with Gasteiger partial charge < -0.3 is 15.4 Å². The molecule has 1 aliphatic carbocycles. The van der Waals surface area contributed by atoms with Gasteiger partial charge in [0.15, 0.2) is 5.65 Å². The number of aromatic nitrogens is 3. The lowest BCUT2D eigenvalue weighted by molar-refractivity contribution is 0.0492. The number of nitrogens with zero attached hydrogens (tertiary/aromatic N) is 3. The maximum Gasteiger partial charge on any atom is 0.407 e. The van der Waals surface area contributed by atoms with Crippen LogP contribution in [-0.4, -0.2) is 46.1 Å². The molecule has 34 heavy (non-hydrogen) atoms. The largest absolute Gasteiger partial charge is 0.444 e. The summed E-state index contributed by atoms with van der Waals surface area (Å²) in [4.78, 5) is 20.9. The van der Waals surface area contributed by atoms with Gasteiger partial charge >= 0.3 is 6.09 Å². The van der Waals surface area contributed by atoms with Crippen molar-refractivity contribution < 1.29 is 17.9 Å². The van der Waals surface area contributed by atoms with Crippen molar-refractivity contribution in [2.24, 2.45) is 0 Å². The monoisotopic (exact) mass is 485 g/mol. The number of carbonyl (C=O) groups is 1. The fraction of sp³-hybridized carbons (Fsp3) is 0.458. The molecule has 0 spiro atoms. The van der Waals surface area contributed by atoms with E-state index in [1.54, 1.807) is 30.3 Å². The van der Waals surface area contributed by atoms with Crippen LogP contribution >= 0.6 is 0 Å². The van der Waals surface area contributed by atoms with Crippen LogP contribution < -0.4 is 10.6 Å². The molecule has 1 aliphatic rings. The third-order valence-corrected chi connectivity index (χ3v) is 7.50. The van der Waals surface area contributed by atoms with Crippen LogP contribution in [0.3, 0.4) is 0 Å². The third kappa shape index (κ3) is 5.32. The average Bonchev–Trinajstić information content (AvgIpc) is 3.20. The first-order chi connectivity index (χ1) is 16.0. The van der Waals surface area contributed by atoms with Crippen molar-refractivity contribution in [1.82, 2.24) is 19.3 Å². The van der Waals surface area contributed by atoms with Gasteiger partial charge in [-0.25, -0.2) is 27.2 Å². The van der Waals surface area contributed by atoms with Crippen molar-refractivity contribution in [3.8, 4) is 0 Å². The van der Waals surface area contributed by atoms with Gasteiger partial charge in [0.25, 0.3) is 10.0 Å². The topological polar surface area (TPSA) is 115 Å². The second kappa shape index (κ2) is 9.25. The normalized spacial score (nSPS) is 19.1. The minimum absolute atomic E-state index is 0.0686. The number of rotatable bonds is 5. The van der Waals surface area contributed by atoms with E-state index in [0.717, 1.165) is 31.2 Å². The fourth-order valence-electron chi connectivity index (χ4n) is 4.11. The first-order valence-corrected chi connectivity index (χ1v) is 12.9. The molecule has 4 rings (SSSR count). The minimum Gasteiger partial charge on any atom is -0.444 e. The molecular formula is C24H31N5O4S. The third-order valence-electron chi connectivity index (χ3n) is 5.81. The summed E-state index contributed by atoms with van der Waals surface area (Å²) in [7, 11) is -3.77. The highest BCUT2D eigenvalue weighted by atomic mass is 32.2. The lowest BCUT2D eigenvalue weighted by Crippen LogP contribution is -2.42. The van der Waals surface area contributed by atoms with Gasteiger partial charge in [0.1, 0.15) is 17.7 Å². The van der Waals surface area contributed by atoms with Crippen LogP contribution in [0.4, 0.5) is 10.6 Å². The second-order valence-electron chi connectivity index (χ2n) is 9.73. The number of alkyl carbamates (subject to hydrolysis) is 1. The zero-order chi connectivity index (χ0) is 24.5. The Morgan fingerprint density at radius 2 is 1.68 bits per heavy atom. The molecule has 0 saturated heterocycles. The van der Waals surface area contributed by atoms with Gasteiger partial charge in [0, 0.05) is 18.3 Å². The molecule has 1 fully saturated rings. The van der Waals surface area contributed by atoms with E-state index in [0.29, 0.717) is 16.9 Å². The van der Waals surface area contributed by atoms with Crippen molar-refractivity contribution in [2.45, 2.75) is 76.0 Å². The number of fused-ring (bicyclic) bond motifs is 1. The predicted octanol–water partition coefficient (Wildman–Crippen LogP) is 4.22.